The number of unbranched alkanes of at least 4 members (excludes halogenated alkanes) is 2. The van der Waals surface area contributed by atoms with Crippen molar-refractivity contribution in [1.82, 2.24) is 0 Å². The normalized spacial score (nSPS) is 10.9. The van der Waals surface area contributed by atoms with Crippen molar-refractivity contribution < 1.29 is 19.4 Å². The minimum atomic E-state index is -1.17. The highest BCUT2D eigenvalue weighted by Crippen LogP contribution is 2.12. The maximum absolute atomic E-state index is 10.9. The van der Waals surface area contributed by atoms with Gasteiger partial charge in [-0.25, -0.2) is 9.59 Å². The summed E-state index contributed by atoms with van der Waals surface area (Å²) in [5.41, 5.74) is 0. The summed E-state index contributed by atoms with van der Waals surface area (Å²) in [5.74, 6) is -1.82. The number of hydrogen-bond donors (Lipinski definition) is 1. The third-order valence-corrected chi connectivity index (χ3v) is 2.11. The van der Waals surface area contributed by atoms with Gasteiger partial charge in [-0.05, 0) is 19.3 Å². The van der Waals surface area contributed by atoms with Crippen LogP contribution in [0.25, 0.3) is 0 Å². The third kappa shape index (κ3) is 11.3. The lowest BCUT2D eigenvalue weighted by Gasteiger charge is -2.02. The van der Waals surface area contributed by atoms with Gasteiger partial charge >= 0.3 is 11.9 Å². The highest BCUT2D eigenvalue weighted by atomic mass is 35.5. The highest BCUT2D eigenvalue weighted by molar-refractivity contribution is 6.44. The number of carbonyl (C=O) groups is 2. The van der Waals surface area contributed by atoms with Crippen molar-refractivity contribution in [3.8, 4) is 0 Å². The molecule has 0 atom stereocenters. The molecular formula is C10H14Cl2O4. The first-order valence-electron chi connectivity index (χ1n) is 4.88. The van der Waals surface area contributed by atoms with Gasteiger partial charge in [0.15, 0.2) is 0 Å². The fourth-order valence-electron chi connectivity index (χ4n) is 0.938. The van der Waals surface area contributed by atoms with Gasteiger partial charge in [0, 0.05) is 12.2 Å². The number of carbonyl (C=O) groups excluding carboxylic acids is 1. The second-order valence-corrected chi connectivity index (χ2v) is 4.36. The minimum absolute atomic E-state index is 0.276. The van der Waals surface area contributed by atoms with E-state index in [0.29, 0.717) is 6.42 Å². The lowest BCUT2D eigenvalue weighted by atomic mass is 10.2. The van der Waals surface area contributed by atoms with Crippen molar-refractivity contribution in [3.05, 3.63) is 12.2 Å². The second kappa shape index (κ2) is 9.48. The van der Waals surface area contributed by atoms with Crippen LogP contribution in [0.5, 0.6) is 0 Å². The molecule has 0 rings (SSSR count). The first-order chi connectivity index (χ1) is 7.52. The lowest BCUT2D eigenvalue weighted by molar-refractivity contribution is -0.138. The molecule has 0 aromatic carbocycles. The van der Waals surface area contributed by atoms with E-state index in [2.05, 4.69) is 0 Å². The Balaban J connectivity index is 3.38. The molecule has 0 aromatic rings. The molecule has 0 aliphatic heterocycles. The maximum Gasteiger partial charge on any atom is 0.331 e. The van der Waals surface area contributed by atoms with Crippen molar-refractivity contribution >= 4 is 35.1 Å². The summed E-state index contributed by atoms with van der Waals surface area (Å²) >= 11 is 11.1. The van der Waals surface area contributed by atoms with E-state index < -0.39 is 11.9 Å². The SMILES string of the molecule is O=C(O)/C=C\C(=O)OCCCCCC(Cl)Cl. The van der Waals surface area contributed by atoms with E-state index in [1.807, 2.05) is 0 Å². The van der Waals surface area contributed by atoms with Crippen molar-refractivity contribution in [1.29, 1.82) is 0 Å². The van der Waals surface area contributed by atoms with Crippen molar-refractivity contribution in [2.75, 3.05) is 6.61 Å². The molecule has 0 heterocycles. The molecule has 0 unspecified atom stereocenters. The molecule has 4 nitrogen and oxygen atoms in total. The number of carboxylic acids is 1. The molecular weight excluding hydrogens is 255 g/mol. The van der Waals surface area contributed by atoms with Crippen LogP contribution in [0.1, 0.15) is 25.7 Å². The maximum atomic E-state index is 10.9. The van der Waals surface area contributed by atoms with Crippen LogP contribution in [0.15, 0.2) is 12.2 Å². The van der Waals surface area contributed by atoms with Gasteiger partial charge in [-0.3, -0.25) is 0 Å². The molecule has 0 radical (unpaired) electrons. The second-order valence-electron chi connectivity index (χ2n) is 3.08. The number of hydrogen-bond acceptors (Lipinski definition) is 3. The van der Waals surface area contributed by atoms with E-state index in [9.17, 15) is 9.59 Å². The average molecular weight is 269 g/mol. The number of halogens is 2. The summed E-state index contributed by atoms with van der Waals surface area (Å²) in [5, 5.41) is 8.24. The summed E-state index contributed by atoms with van der Waals surface area (Å²) in [6, 6.07) is 0. The standard InChI is InChI=1S/C10H14Cl2O4/c11-8(12)4-2-1-3-7-16-10(15)6-5-9(13)14/h5-6,8H,1-4,7H2,(H,13,14)/b6-5-. The zero-order valence-corrected chi connectivity index (χ0v) is 10.2. The van der Waals surface area contributed by atoms with Crippen LogP contribution in [0.3, 0.4) is 0 Å². The monoisotopic (exact) mass is 268 g/mol. The number of ether oxygens (including phenoxy) is 1. The van der Waals surface area contributed by atoms with Gasteiger partial charge in [-0.15, -0.1) is 23.2 Å². The smallest absolute Gasteiger partial charge is 0.331 e. The van der Waals surface area contributed by atoms with Crippen LogP contribution < -0.4 is 0 Å². The Morgan fingerprint density at radius 3 is 2.44 bits per heavy atom. The topological polar surface area (TPSA) is 63.6 Å². The van der Waals surface area contributed by atoms with E-state index in [-0.39, 0.29) is 11.4 Å². The van der Waals surface area contributed by atoms with Crippen LogP contribution >= 0.6 is 23.2 Å². The number of rotatable bonds is 8. The van der Waals surface area contributed by atoms with Crippen molar-refractivity contribution in [2.24, 2.45) is 0 Å². The molecule has 0 aliphatic carbocycles. The summed E-state index contributed by atoms with van der Waals surface area (Å²) in [7, 11) is 0. The molecule has 16 heavy (non-hydrogen) atoms. The fraction of sp³-hybridized carbons (Fsp3) is 0.600. The zero-order chi connectivity index (χ0) is 12.4. The van der Waals surface area contributed by atoms with E-state index in [1.165, 1.54) is 0 Å². The van der Waals surface area contributed by atoms with Gasteiger partial charge in [0.05, 0.1) is 6.61 Å². The first kappa shape index (κ1) is 15.3. The van der Waals surface area contributed by atoms with Gasteiger partial charge in [0.25, 0.3) is 0 Å². The third-order valence-electron chi connectivity index (χ3n) is 1.67. The van der Waals surface area contributed by atoms with Gasteiger partial charge in [0.2, 0.25) is 0 Å². The van der Waals surface area contributed by atoms with Crippen LogP contribution in [-0.4, -0.2) is 28.5 Å². The summed E-state index contributed by atoms with van der Waals surface area (Å²) in [4.78, 5) is 20.6. The Labute approximate surface area is 104 Å². The Bertz CT molecular complexity index is 251. The van der Waals surface area contributed by atoms with E-state index in [0.717, 1.165) is 31.4 Å². The first-order valence-corrected chi connectivity index (χ1v) is 5.75. The summed E-state index contributed by atoms with van der Waals surface area (Å²) in [6.07, 6.45) is 4.80. The average Bonchev–Trinajstić information content (AvgIpc) is 2.19. The Hall–Kier alpha value is -0.740. The number of aliphatic carboxylic acids is 1. The molecule has 1 N–H and O–H groups in total. The van der Waals surface area contributed by atoms with Crippen LogP contribution in [0, 0.1) is 0 Å². The van der Waals surface area contributed by atoms with Crippen LogP contribution in [0.2, 0.25) is 0 Å². The largest absolute Gasteiger partial charge is 0.478 e. The quantitative estimate of drug-likeness (QED) is 0.318. The Morgan fingerprint density at radius 2 is 1.88 bits per heavy atom. The molecule has 0 saturated heterocycles. The fourth-order valence-corrected chi connectivity index (χ4v) is 1.25. The number of carboxylic acid groups (broad SMARTS) is 1. The minimum Gasteiger partial charge on any atom is -0.478 e. The van der Waals surface area contributed by atoms with Crippen LogP contribution in [-0.2, 0) is 14.3 Å². The molecule has 0 fully saturated rings. The van der Waals surface area contributed by atoms with Gasteiger partial charge in [0.1, 0.15) is 4.84 Å². The number of esters is 1. The summed E-state index contributed by atoms with van der Waals surface area (Å²) < 4.78 is 4.74. The predicted molar refractivity (Wildman–Crippen MR) is 61.7 cm³/mol. The van der Waals surface area contributed by atoms with Gasteiger partial charge in [-0.1, -0.05) is 6.42 Å². The molecule has 0 aromatic heterocycles. The molecule has 0 aliphatic rings. The van der Waals surface area contributed by atoms with Gasteiger partial charge in [-0.2, -0.15) is 0 Å². The van der Waals surface area contributed by atoms with Crippen LogP contribution in [0.4, 0.5) is 0 Å². The van der Waals surface area contributed by atoms with Crippen molar-refractivity contribution in [2.45, 2.75) is 30.5 Å². The Kier molecular flexibility index (Phi) is 9.04. The zero-order valence-electron chi connectivity index (χ0n) is 8.70. The van der Waals surface area contributed by atoms with E-state index >= 15 is 0 Å². The predicted octanol–water partition coefficient (Wildman–Crippen LogP) is 2.53. The molecule has 0 saturated carbocycles. The molecule has 92 valence electrons. The van der Waals surface area contributed by atoms with Gasteiger partial charge < -0.3 is 9.84 Å². The molecule has 0 amide bonds. The Morgan fingerprint density at radius 1 is 1.19 bits per heavy atom. The molecule has 0 bridgehead atoms. The van der Waals surface area contributed by atoms with Crippen molar-refractivity contribution in [3.63, 3.8) is 0 Å². The highest BCUT2D eigenvalue weighted by Gasteiger charge is 2.00. The van der Waals surface area contributed by atoms with E-state index in [4.69, 9.17) is 33.0 Å². The molecule has 6 heteroatoms. The number of alkyl halides is 2. The lowest BCUT2D eigenvalue weighted by Crippen LogP contribution is -2.03. The molecule has 0 spiro atoms. The summed E-state index contributed by atoms with van der Waals surface area (Å²) in [6.45, 7) is 0.276. The van der Waals surface area contributed by atoms with E-state index in [1.54, 1.807) is 0 Å².